The Morgan fingerprint density at radius 3 is 2.71 bits per heavy atom. The Kier molecular flexibility index (Phi) is 6.02. The van der Waals surface area contributed by atoms with Crippen molar-refractivity contribution in [3.05, 3.63) is 76.5 Å². The Hall–Kier alpha value is -3.72. The molecule has 5 rings (SSSR count). The van der Waals surface area contributed by atoms with E-state index in [4.69, 9.17) is 18.9 Å². The smallest absolute Gasteiger partial charge is 0.262 e. The van der Waals surface area contributed by atoms with Crippen LogP contribution in [0.4, 0.5) is 5.69 Å². The number of anilines is 1. The molecule has 0 atom stereocenters. The maximum absolute atomic E-state index is 13.4. The van der Waals surface area contributed by atoms with Gasteiger partial charge in [-0.3, -0.25) is 14.2 Å². The van der Waals surface area contributed by atoms with Crippen LogP contribution in [0.15, 0.2) is 69.2 Å². The van der Waals surface area contributed by atoms with Crippen molar-refractivity contribution in [2.24, 2.45) is 0 Å². The number of rotatable bonds is 7. The van der Waals surface area contributed by atoms with Crippen LogP contribution < -0.4 is 19.9 Å². The van der Waals surface area contributed by atoms with Crippen molar-refractivity contribution in [2.45, 2.75) is 25.5 Å². The van der Waals surface area contributed by atoms with Crippen molar-refractivity contribution < 1.29 is 18.7 Å². The van der Waals surface area contributed by atoms with E-state index in [0.29, 0.717) is 39.9 Å². The molecule has 0 saturated carbocycles. The minimum Gasteiger partial charge on any atom is -0.467 e. The number of furan rings is 1. The number of fused-ring (bicyclic) bond motifs is 2. The third-order valence-electron chi connectivity index (χ3n) is 5.56. The fraction of sp³-hybridized carbons (Fsp3) is 0.240. The van der Waals surface area contributed by atoms with E-state index in [1.165, 1.54) is 16.3 Å². The SMILES string of the molecule is CCN(C(=O)CSc1nc2cc3c(cc2c(=O)n1Cc1ccco1)OCO3)c1cccc(C)c1. The lowest BCUT2D eigenvalue weighted by Gasteiger charge is -2.21. The summed E-state index contributed by atoms with van der Waals surface area (Å²) in [7, 11) is 0. The standard InChI is InChI=1S/C25H23N3O5S/c1-3-27(17-7-4-6-16(2)10-17)23(29)14-34-25-26-20-12-22-21(32-15-33-22)11-19(20)24(30)28(25)13-18-8-5-9-31-18/h4-12H,3,13-15H2,1-2H3. The summed E-state index contributed by atoms with van der Waals surface area (Å²) >= 11 is 1.23. The number of carbonyl (C=O) groups is 1. The molecule has 1 amide bonds. The molecule has 4 aromatic rings. The second-order valence-electron chi connectivity index (χ2n) is 7.85. The highest BCUT2D eigenvalue weighted by atomic mass is 32.2. The molecule has 0 fully saturated rings. The maximum Gasteiger partial charge on any atom is 0.262 e. The first-order valence-corrected chi connectivity index (χ1v) is 11.9. The summed E-state index contributed by atoms with van der Waals surface area (Å²) in [6.45, 7) is 4.78. The molecule has 9 heteroatoms. The lowest BCUT2D eigenvalue weighted by atomic mass is 10.2. The molecule has 2 aromatic heterocycles. The van der Waals surface area contributed by atoms with Gasteiger partial charge in [0.15, 0.2) is 16.7 Å². The highest BCUT2D eigenvalue weighted by molar-refractivity contribution is 7.99. The van der Waals surface area contributed by atoms with Crippen molar-refractivity contribution in [3.63, 3.8) is 0 Å². The zero-order valence-corrected chi connectivity index (χ0v) is 19.6. The van der Waals surface area contributed by atoms with Gasteiger partial charge in [0.05, 0.1) is 29.5 Å². The lowest BCUT2D eigenvalue weighted by Crippen LogP contribution is -2.32. The maximum atomic E-state index is 13.4. The Morgan fingerprint density at radius 1 is 1.15 bits per heavy atom. The average molecular weight is 478 g/mol. The molecule has 1 aliphatic heterocycles. The van der Waals surface area contributed by atoms with Crippen LogP contribution in [0.3, 0.4) is 0 Å². The number of benzene rings is 2. The number of aryl methyl sites for hydroxylation is 1. The second kappa shape index (κ2) is 9.26. The van der Waals surface area contributed by atoms with Crippen LogP contribution in [0.2, 0.25) is 0 Å². The molecule has 0 aliphatic carbocycles. The van der Waals surface area contributed by atoms with E-state index in [2.05, 4.69) is 0 Å². The van der Waals surface area contributed by atoms with Crippen molar-refractivity contribution in [1.82, 2.24) is 9.55 Å². The van der Waals surface area contributed by atoms with Gasteiger partial charge in [-0.15, -0.1) is 0 Å². The molecule has 0 saturated heterocycles. The van der Waals surface area contributed by atoms with E-state index in [9.17, 15) is 9.59 Å². The number of ether oxygens (including phenoxy) is 2. The Labute approximate surface area is 200 Å². The van der Waals surface area contributed by atoms with Gasteiger partial charge in [0.2, 0.25) is 12.7 Å². The zero-order chi connectivity index (χ0) is 23.7. The molecule has 8 nitrogen and oxygen atoms in total. The normalized spacial score (nSPS) is 12.3. The minimum atomic E-state index is -0.235. The number of amides is 1. The monoisotopic (exact) mass is 477 g/mol. The van der Waals surface area contributed by atoms with Crippen LogP contribution in [0.25, 0.3) is 10.9 Å². The van der Waals surface area contributed by atoms with Gasteiger partial charge in [-0.25, -0.2) is 4.98 Å². The number of aromatic nitrogens is 2. The van der Waals surface area contributed by atoms with E-state index in [0.717, 1.165) is 11.3 Å². The topological polar surface area (TPSA) is 86.8 Å². The van der Waals surface area contributed by atoms with E-state index < -0.39 is 0 Å². The summed E-state index contributed by atoms with van der Waals surface area (Å²) in [5.74, 6) is 1.74. The molecule has 174 valence electrons. The fourth-order valence-electron chi connectivity index (χ4n) is 3.90. The van der Waals surface area contributed by atoms with Gasteiger partial charge < -0.3 is 18.8 Å². The molecule has 34 heavy (non-hydrogen) atoms. The van der Waals surface area contributed by atoms with Crippen molar-refractivity contribution in [3.8, 4) is 11.5 Å². The molecule has 1 aliphatic rings. The van der Waals surface area contributed by atoms with Gasteiger partial charge >= 0.3 is 0 Å². The molecule has 0 spiro atoms. The first-order chi connectivity index (χ1) is 16.5. The fourth-order valence-corrected chi connectivity index (χ4v) is 4.78. The van der Waals surface area contributed by atoms with Crippen molar-refractivity contribution in [1.29, 1.82) is 0 Å². The van der Waals surface area contributed by atoms with Gasteiger partial charge in [-0.1, -0.05) is 23.9 Å². The zero-order valence-electron chi connectivity index (χ0n) is 18.8. The van der Waals surface area contributed by atoms with Crippen molar-refractivity contribution in [2.75, 3.05) is 24.0 Å². The number of nitrogens with zero attached hydrogens (tertiary/aromatic N) is 3. The van der Waals surface area contributed by atoms with Gasteiger partial charge in [0, 0.05) is 18.3 Å². The first-order valence-electron chi connectivity index (χ1n) is 10.9. The van der Waals surface area contributed by atoms with Gasteiger partial charge in [-0.05, 0) is 49.7 Å². The Bertz CT molecular complexity index is 1410. The van der Waals surface area contributed by atoms with Crippen molar-refractivity contribution >= 4 is 34.3 Å². The van der Waals surface area contributed by atoms with Crippen LogP contribution in [-0.4, -0.2) is 34.5 Å². The highest BCUT2D eigenvalue weighted by Gasteiger charge is 2.21. The predicted molar refractivity (Wildman–Crippen MR) is 130 cm³/mol. The summed E-state index contributed by atoms with van der Waals surface area (Å²) in [5, 5.41) is 0.850. The molecular weight excluding hydrogens is 454 g/mol. The van der Waals surface area contributed by atoms with Crippen LogP contribution >= 0.6 is 11.8 Å². The molecule has 0 radical (unpaired) electrons. The number of hydrogen-bond donors (Lipinski definition) is 0. The van der Waals surface area contributed by atoms with Crippen LogP contribution in [-0.2, 0) is 11.3 Å². The summed E-state index contributed by atoms with van der Waals surface area (Å²) in [5.41, 5.74) is 2.19. The summed E-state index contributed by atoms with van der Waals surface area (Å²) in [4.78, 5) is 33.0. The average Bonchev–Trinajstić information content (AvgIpc) is 3.51. The molecule has 0 bridgehead atoms. The third kappa shape index (κ3) is 4.26. The molecule has 2 aromatic carbocycles. The van der Waals surface area contributed by atoms with Crippen LogP contribution in [0.5, 0.6) is 11.5 Å². The number of thioether (sulfide) groups is 1. The van der Waals surface area contributed by atoms with Crippen LogP contribution in [0, 0.1) is 6.92 Å². The predicted octanol–water partition coefficient (Wildman–Crippen LogP) is 4.22. The van der Waals surface area contributed by atoms with Crippen LogP contribution in [0.1, 0.15) is 18.2 Å². The quantitative estimate of drug-likeness (QED) is 0.291. The molecular formula is C25H23N3O5S. The summed E-state index contributed by atoms with van der Waals surface area (Å²) < 4.78 is 17.9. The van der Waals surface area contributed by atoms with Gasteiger partial charge in [-0.2, -0.15) is 0 Å². The Morgan fingerprint density at radius 2 is 1.97 bits per heavy atom. The largest absolute Gasteiger partial charge is 0.467 e. The second-order valence-corrected chi connectivity index (χ2v) is 8.80. The van der Waals surface area contributed by atoms with E-state index in [1.54, 1.807) is 35.4 Å². The van der Waals surface area contributed by atoms with Gasteiger partial charge in [0.1, 0.15) is 5.76 Å². The number of hydrogen-bond acceptors (Lipinski definition) is 7. The lowest BCUT2D eigenvalue weighted by molar-refractivity contribution is -0.116. The molecule has 0 N–H and O–H groups in total. The Balaban J connectivity index is 1.49. The highest BCUT2D eigenvalue weighted by Crippen LogP contribution is 2.35. The minimum absolute atomic E-state index is 0.0670. The van der Waals surface area contributed by atoms with Gasteiger partial charge in [0.25, 0.3) is 5.56 Å². The molecule has 3 heterocycles. The van der Waals surface area contributed by atoms with E-state index >= 15 is 0 Å². The third-order valence-corrected chi connectivity index (χ3v) is 6.52. The number of carbonyl (C=O) groups excluding carboxylic acids is 1. The summed E-state index contributed by atoms with van der Waals surface area (Å²) in [6.07, 6.45) is 1.56. The first kappa shape index (κ1) is 22.1. The van der Waals surface area contributed by atoms with E-state index in [1.807, 2.05) is 38.1 Å². The molecule has 0 unspecified atom stereocenters. The summed E-state index contributed by atoms with van der Waals surface area (Å²) in [6, 6.07) is 14.8. The van der Waals surface area contributed by atoms with E-state index in [-0.39, 0.29) is 30.6 Å².